The third kappa shape index (κ3) is 5.38. The summed E-state index contributed by atoms with van der Waals surface area (Å²) in [4.78, 5) is 12.1. The van der Waals surface area contributed by atoms with Crippen LogP contribution < -0.4 is 10.6 Å². The highest BCUT2D eigenvalue weighted by Gasteiger charge is 2.20. The molecular weight excluding hydrogens is 224 g/mol. The number of nitrogens with one attached hydrogen (secondary N) is 2. The first-order valence-corrected chi connectivity index (χ1v) is 7.68. The van der Waals surface area contributed by atoms with Crippen molar-refractivity contribution in [2.24, 2.45) is 11.8 Å². The van der Waals surface area contributed by atoms with E-state index in [0.29, 0.717) is 12.0 Å². The van der Waals surface area contributed by atoms with Crippen molar-refractivity contribution in [1.82, 2.24) is 10.6 Å². The zero-order valence-electron chi connectivity index (χ0n) is 12.3. The Morgan fingerprint density at radius 2 is 1.94 bits per heavy atom. The van der Waals surface area contributed by atoms with Crippen LogP contribution in [0.2, 0.25) is 0 Å². The molecule has 1 heterocycles. The Balaban J connectivity index is 2.25. The number of carbonyl (C=O) groups is 1. The van der Waals surface area contributed by atoms with Crippen LogP contribution in [0.5, 0.6) is 0 Å². The molecule has 0 saturated carbocycles. The van der Waals surface area contributed by atoms with Gasteiger partial charge in [-0.25, -0.2) is 0 Å². The van der Waals surface area contributed by atoms with E-state index in [-0.39, 0.29) is 11.8 Å². The summed E-state index contributed by atoms with van der Waals surface area (Å²) in [5.41, 5.74) is 0. The third-order valence-electron chi connectivity index (χ3n) is 3.97. The van der Waals surface area contributed by atoms with Gasteiger partial charge in [0.05, 0.1) is 0 Å². The number of hydrogen-bond donors (Lipinski definition) is 2. The Kier molecular flexibility index (Phi) is 7.33. The molecule has 1 amide bonds. The fraction of sp³-hybridized carbons (Fsp3) is 0.933. The lowest BCUT2D eigenvalue weighted by Gasteiger charge is -2.28. The molecule has 0 aromatic carbocycles. The minimum Gasteiger partial charge on any atom is -0.356 e. The van der Waals surface area contributed by atoms with Crippen molar-refractivity contribution in [2.45, 2.75) is 65.3 Å². The highest BCUT2D eigenvalue weighted by atomic mass is 16.1. The summed E-state index contributed by atoms with van der Waals surface area (Å²) in [6, 6.07) is 0.643. The summed E-state index contributed by atoms with van der Waals surface area (Å²) < 4.78 is 0. The van der Waals surface area contributed by atoms with Crippen molar-refractivity contribution in [1.29, 1.82) is 0 Å². The monoisotopic (exact) mass is 254 g/mol. The second-order valence-electron chi connectivity index (χ2n) is 5.77. The fourth-order valence-electron chi connectivity index (χ4n) is 2.72. The molecule has 1 aliphatic rings. The molecule has 0 radical (unpaired) electrons. The van der Waals surface area contributed by atoms with Gasteiger partial charge in [-0.2, -0.15) is 0 Å². The molecule has 1 fully saturated rings. The molecular formula is C15H30N2O. The first kappa shape index (κ1) is 15.5. The van der Waals surface area contributed by atoms with E-state index in [1.54, 1.807) is 0 Å². The predicted molar refractivity (Wildman–Crippen MR) is 76.5 cm³/mol. The molecule has 0 spiro atoms. The third-order valence-corrected chi connectivity index (χ3v) is 3.97. The Labute approximate surface area is 112 Å². The minimum absolute atomic E-state index is 0.232. The van der Waals surface area contributed by atoms with Crippen molar-refractivity contribution >= 4 is 5.91 Å². The van der Waals surface area contributed by atoms with Crippen molar-refractivity contribution in [2.75, 3.05) is 13.1 Å². The number of carbonyl (C=O) groups excluding carboxylic acids is 1. The lowest BCUT2D eigenvalue weighted by atomic mass is 9.94. The lowest BCUT2D eigenvalue weighted by Crippen LogP contribution is -2.43. The molecule has 0 bridgehead atoms. The number of piperidine rings is 1. The van der Waals surface area contributed by atoms with Crippen LogP contribution in [0.3, 0.4) is 0 Å². The van der Waals surface area contributed by atoms with Crippen LogP contribution in [0, 0.1) is 11.8 Å². The molecule has 1 saturated heterocycles. The average Bonchev–Trinajstić information content (AvgIpc) is 2.37. The minimum atomic E-state index is 0.232. The normalized spacial score (nSPS) is 24.2. The Hall–Kier alpha value is -0.570. The van der Waals surface area contributed by atoms with E-state index in [1.165, 1.54) is 12.8 Å². The van der Waals surface area contributed by atoms with Gasteiger partial charge in [-0.1, -0.05) is 26.7 Å². The van der Waals surface area contributed by atoms with Crippen LogP contribution in [0.4, 0.5) is 0 Å². The van der Waals surface area contributed by atoms with Crippen LogP contribution in [0.1, 0.15) is 59.3 Å². The molecule has 0 aromatic heterocycles. The van der Waals surface area contributed by atoms with Crippen LogP contribution in [0.15, 0.2) is 0 Å². The summed E-state index contributed by atoms with van der Waals surface area (Å²) in [6.07, 6.45) is 6.72. The molecule has 1 rings (SSSR count). The summed E-state index contributed by atoms with van der Waals surface area (Å²) in [5, 5.41) is 6.64. The average molecular weight is 254 g/mol. The van der Waals surface area contributed by atoms with Crippen LogP contribution >= 0.6 is 0 Å². The van der Waals surface area contributed by atoms with Crippen molar-refractivity contribution < 1.29 is 4.79 Å². The van der Waals surface area contributed by atoms with E-state index in [2.05, 4.69) is 31.4 Å². The highest BCUT2D eigenvalue weighted by molar-refractivity contribution is 5.78. The first-order chi connectivity index (χ1) is 8.67. The topological polar surface area (TPSA) is 41.1 Å². The molecule has 0 aliphatic carbocycles. The molecule has 2 atom stereocenters. The molecule has 0 aromatic rings. The standard InChI is InChI=1S/C15H30N2O/c1-4-6-14(7-5-2)15(18)17-11-13-9-8-12(3)16-10-13/h12-14,16H,4-11H2,1-3H3,(H,17,18). The summed E-state index contributed by atoms with van der Waals surface area (Å²) in [6.45, 7) is 8.44. The van der Waals surface area contributed by atoms with E-state index in [0.717, 1.165) is 38.8 Å². The van der Waals surface area contributed by atoms with E-state index in [4.69, 9.17) is 0 Å². The van der Waals surface area contributed by atoms with Gasteiger partial charge >= 0.3 is 0 Å². The van der Waals surface area contributed by atoms with Gasteiger partial charge < -0.3 is 10.6 Å². The zero-order valence-corrected chi connectivity index (χ0v) is 12.3. The smallest absolute Gasteiger partial charge is 0.223 e. The first-order valence-electron chi connectivity index (χ1n) is 7.68. The second-order valence-corrected chi connectivity index (χ2v) is 5.77. The van der Waals surface area contributed by atoms with Crippen LogP contribution in [-0.2, 0) is 4.79 Å². The summed E-state index contributed by atoms with van der Waals surface area (Å²) >= 11 is 0. The quantitative estimate of drug-likeness (QED) is 0.733. The number of hydrogen-bond acceptors (Lipinski definition) is 2. The Morgan fingerprint density at radius 1 is 1.28 bits per heavy atom. The van der Waals surface area contributed by atoms with Crippen molar-refractivity contribution in [3.8, 4) is 0 Å². The molecule has 18 heavy (non-hydrogen) atoms. The van der Waals surface area contributed by atoms with E-state index >= 15 is 0 Å². The lowest BCUT2D eigenvalue weighted by molar-refractivity contribution is -0.125. The summed E-state index contributed by atoms with van der Waals surface area (Å²) in [7, 11) is 0. The molecule has 3 nitrogen and oxygen atoms in total. The maximum atomic E-state index is 12.1. The van der Waals surface area contributed by atoms with Gasteiger partial charge in [0, 0.05) is 18.5 Å². The number of amides is 1. The SMILES string of the molecule is CCCC(CCC)C(=O)NCC1CCC(C)NC1. The van der Waals surface area contributed by atoms with E-state index in [9.17, 15) is 4.79 Å². The Bertz CT molecular complexity index is 229. The van der Waals surface area contributed by atoms with Gasteiger partial charge in [0.1, 0.15) is 0 Å². The molecule has 106 valence electrons. The van der Waals surface area contributed by atoms with Gasteiger partial charge in [-0.05, 0) is 45.1 Å². The predicted octanol–water partition coefficient (Wildman–Crippen LogP) is 2.71. The van der Waals surface area contributed by atoms with Crippen molar-refractivity contribution in [3.05, 3.63) is 0 Å². The van der Waals surface area contributed by atoms with Gasteiger partial charge in [0.25, 0.3) is 0 Å². The van der Waals surface area contributed by atoms with Gasteiger partial charge in [0.2, 0.25) is 5.91 Å². The number of rotatable bonds is 7. The zero-order chi connectivity index (χ0) is 13.4. The fourth-order valence-corrected chi connectivity index (χ4v) is 2.72. The van der Waals surface area contributed by atoms with E-state index in [1.807, 2.05) is 0 Å². The molecule has 2 unspecified atom stereocenters. The largest absolute Gasteiger partial charge is 0.356 e. The van der Waals surface area contributed by atoms with Gasteiger partial charge in [-0.15, -0.1) is 0 Å². The molecule has 3 heteroatoms. The summed E-state index contributed by atoms with van der Waals surface area (Å²) in [5.74, 6) is 1.13. The molecule has 1 aliphatic heterocycles. The Morgan fingerprint density at radius 3 is 2.44 bits per heavy atom. The maximum absolute atomic E-state index is 12.1. The second kappa shape index (κ2) is 8.52. The van der Waals surface area contributed by atoms with E-state index < -0.39 is 0 Å². The maximum Gasteiger partial charge on any atom is 0.223 e. The van der Waals surface area contributed by atoms with Crippen molar-refractivity contribution in [3.63, 3.8) is 0 Å². The van der Waals surface area contributed by atoms with Gasteiger partial charge in [0.15, 0.2) is 0 Å². The molecule has 2 N–H and O–H groups in total. The van der Waals surface area contributed by atoms with Gasteiger partial charge in [-0.3, -0.25) is 4.79 Å². The van der Waals surface area contributed by atoms with Crippen LogP contribution in [0.25, 0.3) is 0 Å². The van der Waals surface area contributed by atoms with Crippen LogP contribution in [-0.4, -0.2) is 25.0 Å². The highest BCUT2D eigenvalue weighted by Crippen LogP contribution is 2.16.